The number of nitrogens with zero attached hydrogens (tertiary/aromatic N) is 3. The number of rotatable bonds is 7. The average Bonchev–Trinajstić information content (AvgIpc) is 3.30. The highest BCUT2D eigenvalue weighted by molar-refractivity contribution is 8.00. The van der Waals surface area contributed by atoms with E-state index in [1.807, 2.05) is 31.2 Å². The summed E-state index contributed by atoms with van der Waals surface area (Å²) in [6, 6.07) is 7.56. The van der Waals surface area contributed by atoms with Crippen molar-refractivity contribution < 1.29 is 14.3 Å². The molecule has 2 atom stereocenters. The van der Waals surface area contributed by atoms with Crippen LogP contribution in [0.5, 0.6) is 5.75 Å². The molecule has 1 aromatic heterocycles. The first-order valence-electron chi connectivity index (χ1n) is 8.47. The molecule has 0 bridgehead atoms. The van der Waals surface area contributed by atoms with Crippen LogP contribution < -0.4 is 15.9 Å². The predicted molar refractivity (Wildman–Crippen MR) is 98.3 cm³/mol. The van der Waals surface area contributed by atoms with Crippen molar-refractivity contribution in [3.05, 3.63) is 35.7 Å². The molecule has 9 heteroatoms. The van der Waals surface area contributed by atoms with Crippen molar-refractivity contribution in [3.63, 3.8) is 0 Å². The van der Waals surface area contributed by atoms with Crippen molar-refractivity contribution in [1.82, 2.24) is 20.2 Å². The van der Waals surface area contributed by atoms with Crippen molar-refractivity contribution in [3.8, 4) is 5.75 Å². The Morgan fingerprint density at radius 3 is 2.88 bits per heavy atom. The standard InChI is InChI=1S/C17H23N5O3S/c1-11(16(23)19-10-12-5-7-13(24-2)8-6-12)26-17-21-20-15(22(17)18)14-4-3-9-25-14/h5-8,11,14H,3-4,9-10,18H2,1-2H3,(H,19,23)/t11-,14+/m0/s1. The van der Waals surface area contributed by atoms with Gasteiger partial charge >= 0.3 is 0 Å². The van der Waals surface area contributed by atoms with E-state index in [2.05, 4.69) is 15.5 Å². The van der Waals surface area contributed by atoms with E-state index in [9.17, 15) is 4.79 Å². The minimum Gasteiger partial charge on any atom is -0.497 e. The lowest BCUT2D eigenvalue weighted by atomic mass is 10.2. The fourth-order valence-electron chi connectivity index (χ4n) is 2.66. The van der Waals surface area contributed by atoms with Crippen molar-refractivity contribution in [2.75, 3.05) is 19.6 Å². The Labute approximate surface area is 156 Å². The number of nitrogen functional groups attached to an aromatic ring is 1. The molecular formula is C17H23N5O3S. The summed E-state index contributed by atoms with van der Waals surface area (Å²) < 4.78 is 12.1. The van der Waals surface area contributed by atoms with E-state index in [0.717, 1.165) is 24.2 Å². The Bertz CT molecular complexity index is 743. The predicted octanol–water partition coefficient (Wildman–Crippen LogP) is 1.65. The molecule has 1 aliphatic rings. The van der Waals surface area contributed by atoms with Crippen LogP contribution in [0.2, 0.25) is 0 Å². The summed E-state index contributed by atoms with van der Waals surface area (Å²) in [6.07, 6.45) is 1.77. The fraction of sp³-hybridized carbons (Fsp3) is 0.471. The quantitative estimate of drug-likeness (QED) is 0.558. The number of hydrogen-bond donors (Lipinski definition) is 2. The highest BCUT2D eigenvalue weighted by Gasteiger charge is 2.26. The molecule has 1 saturated heterocycles. The zero-order valence-electron chi connectivity index (χ0n) is 14.8. The number of carbonyl (C=O) groups is 1. The molecule has 8 nitrogen and oxygen atoms in total. The largest absolute Gasteiger partial charge is 0.497 e. The molecular weight excluding hydrogens is 354 g/mol. The third kappa shape index (κ3) is 4.28. The minimum atomic E-state index is -0.350. The highest BCUT2D eigenvalue weighted by atomic mass is 32.2. The second-order valence-corrected chi connectivity index (χ2v) is 7.35. The first-order valence-corrected chi connectivity index (χ1v) is 9.35. The molecule has 26 heavy (non-hydrogen) atoms. The molecule has 0 aliphatic carbocycles. The molecule has 0 spiro atoms. The number of ether oxygens (including phenoxy) is 2. The number of carbonyl (C=O) groups excluding carboxylic acids is 1. The zero-order valence-corrected chi connectivity index (χ0v) is 15.7. The molecule has 1 amide bonds. The van der Waals surface area contributed by atoms with Gasteiger partial charge in [0, 0.05) is 13.2 Å². The smallest absolute Gasteiger partial charge is 0.233 e. The fourth-order valence-corrected chi connectivity index (χ4v) is 3.46. The molecule has 3 rings (SSSR count). The van der Waals surface area contributed by atoms with E-state index in [0.29, 0.717) is 24.1 Å². The van der Waals surface area contributed by atoms with Gasteiger partial charge in [0.05, 0.1) is 12.4 Å². The lowest BCUT2D eigenvalue weighted by molar-refractivity contribution is -0.120. The number of benzene rings is 1. The van der Waals surface area contributed by atoms with Crippen LogP contribution in [0.15, 0.2) is 29.4 Å². The normalized spacial score (nSPS) is 17.8. The van der Waals surface area contributed by atoms with Crippen LogP contribution in [0.25, 0.3) is 0 Å². The van der Waals surface area contributed by atoms with Crippen LogP contribution in [-0.4, -0.2) is 39.7 Å². The molecule has 1 aliphatic heterocycles. The summed E-state index contributed by atoms with van der Waals surface area (Å²) in [5, 5.41) is 11.3. The van der Waals surface area contributed by atoms with Gasteiger partial charge < -0.3 is 20.6 Å². The monoisotopic (exact) mass is 377 g/mol. The Morgan fingerprint density at radius 1 is 1.46 bits per heavy atom. The van der Waals surface area contributed by atoms with Crippen LogP contribution >= 0.6 is 11.8 Å². The molecule has 0 radical (unpaired) electrons. The number of nitrogens with two attached hydrogens (primary N) is 1. The molecule has 1 aromatic carbocycles. The third-order valence-corrected chi connectivity index (χ3v) is 5.24. The van der Waals surface area contributed by atoms with E-state index >= 15 is 0 Å². The van der Waals surface area contributed by atoms with Crippen LogP contribution in [0, 0.1) is 0 Å². The van der Waals surface area contributed by atoms with Gasteiger partial charge in [-0.05, 0) is 37.5 Å². The zero-order chi connectivity index (χ0) is 18.5. The number of hydrogen-bond acceptors (Lipinski definition) is 7. The van der Waals surface area contributed by atoms with E-state index in [4.69, 9.17) is 15.3 Å². The number of aromatic nitrogens is 3. The van der Waals surface area contributed by atoms with E-state index in [1.165, 1.54) is 16.4 Å². The average molecular weight is 377 g/mol. The highest BCUT2D eigenvalue weighted by Crippen LogP contribution is 2.29. The summed E-state index contributed by atoms with van der Waals surface area (Å²) in [4.78, 5) is 12.3. The Hall–Kier alpha value is -2.26. The van der Waals surface area contributed by atoms with Gasteiger partial charge in [0.1, 0.15) is 11.9 Å². The molecule has 140 valence electrons. The van der Waals surface area contributed by atoms with Crippen molar-refractivity contribution >= 4 is 17.7 Å². The second-order valence-electron chi connectivity index (χ2n) is 6.04. The molecule has 1 fully saturated rings. The van der Waals surface area contributed by atoms with Gasteiger partial charge in [-0.3, -0.25) is 4.79 Å². The maximum Gasteiger partial charge on any atom is 0.233 e. The van der Waals surface area contributed by atoms with E-state index in [-0.39, 0.29) is 17.3 Å². The summed E-state index contributed by atoms with van der Waals surface area (Å²) in [7, 11) is 1.62. The van der Waals surface area contributed by atoms with Crippen molar-refractivity contribution in [2.24, 2.45) is 0 Å². The van der Waals surface area contributed by atoms with Gasteiger partial charge in [0.15, 0.2) is 5.82 Å². The van der Waals surface area contributed by atoms with Gasteiger partial charge in [-0.15, -0.1) is 10.2 Å². The molecule has 0 saturated carbocycles. The Balaban J connectivity index is 1.53. The van der Waals surface area contributed by atoms with Crippen LogP contribution in [0.1, 0.15) is 37.3 Å². The SMILES string of the molecule is COc1ccc(CNC(=O)[C@H](C)Sc2nnc([C@H]3CCCO3)n2N)cc1. The van der Waals surface area contributed by atoms with Crippen LogP contribution in [-0.2, 0) is 16.1 Å². The van der Waals surface area contributed by atoms with E-state index in [1.54, 1.807) is 7.11 Å². The number of methoxy groups -OCH3 is 1. The third-order valence-electron chi connectivity index (χ3n) is 4.19. The first kappa shape index (κ1) is 18.5. The summed E-state index contributed by atoms with van der Waals surface area (Å²) in [5.41, 5.74) is 0.999. The van der Waals surface area contributed by atoms with Gasteiger partial charge in [-0.1, -0.05) is 23.9 Å². The van der Waals surface area contributed by atoms with Crippen LogP contribution in [0.4, 0.5) is 0 Å². The topological polar surface area (TPSA) is 104 Å². The Kier molecular flexibility index (Phi) is 6.00. The second kappa shape index (κ2) is 8.41. The first-order chi connectivity index (χ1) is 12.6. The van der Waals surface area contributed by atoms with E-state index < -0.39 is 0 Å². The Morgan fingerprint density at radius 2 is 2.23 bits per heavy atom. The number of nitrogens with one attached hydrogen (secondary N) is 1. The van der Waals surface area contributed by atoms with Crippen LogP contribution in [0.3, 0.4) is 0 Å². The van der Waals surface area contributed by atoms with Crippen molar-refractivity contribution in [2.45, 2.75) is 42.8 Å². The molecule has 2 aromatic rings. The summed E-state index contributed by atoms with van der Waals surface area (Å²) in [5.74, 6) is 7.37. The van der Waals surface area contributed by atoms with Gasteiger partial charge in [0.25, 0.3) is 0 Å². The minimum absolute atomic E-state index is 0.0903. The maximum atomic E-state index is 12.3. The molecule has 0 unspecified atom stereocenters. The molecule has 3 N–H and O–H groups in total. The van der Waals surface area contributed by atoms with Gasteiger partial charge in [0.2, 0.25) is 11.1 Å². The lowest BCUT2D eigenvalue weighted by Gasteiger charge is -2.12. The summed E-state index contributed by atoms with van der Waals surface area (Å²) >= 11 is 1.28. The molecule has 2 heterocycles. The summed E-state index contributed by atoms with van der Waals surface area (Å²) in [6.45, 7) is 2.98. The van der Waals surface area contributed by atoms with Crippen molar-refractivity contribution in [1.29, 1.82) is 0 Å². The lowest BCUT2D eigenvalue weighted by Crippen LogP contribution is -2.31. The van der Waals surface area contributed by atoms with Gasteiger partial charge in [-0.2, -0.15) is 0 Å². The number of amides is 1. The maximum absolute atomic E-state index is 12.3. The van der Waals surface area contributed by atoms with Gasteiger partial charge in [-0.25, -0.2) is 4.68 Å². The number of thioether (sulfide) groups is 1.